The minimum Gasteiger partial charge on any atom is -0.507 e. The van der Waals surface area contributed by atoms with E-state index in [1.165, 1.54) is 6.20 Å². The highest BCUT2D eigenvalue weighted by Gasteiger charge is 2.68. The fourth-order valence-electron chi connectivity index (χ4n) is 9.21. The second-order valence-corrected chi connectivity index (χ2v) is 16.4. The van der Waals surface area contributed by atoms with Gasteiger partial charge >= 0.3 is 19.4 Å². The van der Waals surface area contributed by atoms with Gasteiger partial charge in [0.2, 0.25) is 6.43 Å². The smallest absolute Gasteiger partial charge is 0.481 e. The number of ether oxygens (including phenoxy) is 1. The summed E-state index contributed by atoms with van der Waals surface area (Å²) in [5.74, 6) is -2.95. The molecular weight excluding hydrogens is 756 g/mol. The molecule has 3 aliphatic carbocycles. The Morgan fingerprint density at radius 1 is 1.19 bits per heavy atom. The molecule has 6 aliphatic rings. The second kappa shape index (κ2) is 14.8. The molecule has 19 heteroatoms. The first-order valence-corrected chi connectivity index (χ1v) is 18.8. The molecule has 3 heterocycles. The van der Waals surface area contributed by atoms with E-state index in [1.54, 1.807) is 42.2 Å². The first-order chi connectivity index (χ1) is 26.8. The molecule has 57 heavy (non-hydrogen) atoms. The molecule has 2 aromatic rings. The Balaban J connectivity index is 1.22. The number of halogens is 5. The maximum atomic E-state index is 14.3. The van der Waals surface area contributed by atoms with Gasteiger partial charge in [0.15, 0.2) is 0 Å². The van der Waals surface area contributed by atoms with Gasteiger partial charge in [-0.25, -0.2) is 18.6 Å². The van der Waals surface area contributed by atoms with Crippen LogP contribution in [0.2, 0.25) is 0 Å². The lowest BCUT2D eigenvalue weighted by molar-refractivity contribution is -0.199. The second-order valence-electron chi connectivity index (χ2n) is 16.4. The average Bonchev–Trinajstić information content (AvgIpc) is 3.68. The number of aromatic hydroxyl groups is 1. The number of nitrogens with zero attached hydrogens (tertiary/aromatic N) is 6. The van der Waals surface area contributed by atoms with E-state index in [0.717, 1.165) is 11.3 Å². The standard InChI is InChI=1S/C38H43BF5N7O6/c1-35(2)23-13-28(35)37(4)29(14-23)56-39(57-37)30(16-31(40)41)47-32(53)25-15-27(52)26(38(42,43)44)12-22(25)18-51(34(54)55-20-21-8-6-5-7-9-21)24-17-46-33-36(3,48-49-45)10-11-50(33)19-24/h5-9,12,15,17,23,28-31,52H,10-11,13-14,16,18-20H2,1-4H3,(H,47,53)/t23-,28-,29+,30?,36+,37-/m0/s1. The first kappa shape index (κ1) is 40.3. The van der Waals surface area contributed by atoms with Crippen LogP contribution < -0.4 is 5.32 Å². The van der Waals surface area contributed by atoms with Crippen molar-refractivity contribution in [3.8, 4) is 5.75 Å². The summed E-state index contributed by atoms with van der Waals surface area (Å²) in [6.45, 7) is 7.33. The average molecular weight is 800 g/mol. The molecule has 8 rings (SSSR count). The van der Waals surface area contributed by atoms with Gasteiger partial charge in [-0.3, -0.25) is 9.69 Å². The van der Waals surface area contributed by atoms with Crippen LogP contribution in [0.3, 0.4) is 0 Å². The number of hydrogen-bond donors (Lipinski definition) is 2. The molecule has 6 atom stereocenters. The number of azide groups is 1. The normalized spacial score (nSPS) is 27.6. The number of alkyl halides is 5. The summed E-state index contributed by atoms with van der Waals surface area (Å²) in [4.78, 5) is 38.2. The Kier molecular flexibility index (Phi) is 10.5. The lowest BCUT2D eigenvalue weighted by Crippen LogP contribution is -2.65. The van der Waals surface area contributed by atoms with Crippen molar-refractivity contribution in [1.82, 2.24) is 15.1 Å². The summed E-state index contributed by atoms with van der Waals surface area (Å²) in [5, 5.41) is 17.0. The highest BCUT2D eigenvalue weighted by Crippen LogP contribution is 2.65. The van der Waals surface area contributed by atoms with Gasteiger partial charge in [0, 0.05) is 23.4 Å². The summed E-state index contributed by atoms with van der Waals surface area (Å²) in [6.07, 6.45) is -7.06. The number of phenolic OH excluding ortho intramolecular Hbond substituents is 1. The summed E-state index contributed by atoms with van der Waals surface area (Å²) in [6, 6.07) is 9.80. The Bertz CT molecular complexity index is 2030. The zero-order valence-corrected chi connectivity index (χ0v) is 31.8. The summed E-state index contributed by atoms with van der Waals surface area (Å²) < 4.78 is 89.2. The topological polar surface area (TPSA) is 162 Å². The number of rotatable bonds is 11. The van der Waals surface area contributed by atoms with E-state index < -0.39 is 84.7 Å². The zero-order chi connectivity index (χ0) is 41.1. The number of fused-ring (bicyclic) bond motifs is 1. The van der Waals surface area contributed by atoms with Gasteiger partial charge in [0.1, 0.15) is 23.7 Å². The van der Waals surface area contributed by atoms with Crippen LogP contribution in [0.25, 0.3) is 10.4 Å². The maximum Gasteiger partial charge on any atom is 0.481 e. The number of carbonyl (C=O) groups excluding carboxylic acids is 2. The number of nitrogens with one attached hydrogen (secondary N) is 1. The van der Waals surface area contributed by atoms with Crippen LogP contribution in [0.4, 0.5) is 26.7 Å². The van der Waals surface area contributed by atoms with E-state index in [0.29, 0.717) is 48.8 Å². The highest BCUT2D eigenvalue weighted by molar-refractivity contribution is 6.48. The number of phenols is 1. The molecule has 2 aromatic carbocycles. The van der Waals surface area contributed by atoms with E-state index in [1.807, 2.05) is 6.92 Å². The van der Waals surface area contributed by atoms with Crippen molar-refractivity contribution in [2.45, 2.75) is 102 Å². The van der Waals surface area contributed by atoms with Gasteiger partial charge < -0.3 is 29.4 Å². The highest BCUT2D eigenvalue weighted by atomic mass is 19.4. The summed E-state index contributed by atoms with van der Waals surface area (Å²) in [7, 11) is -1.29. The molecular formula is C38H43BF5N7O6. The third kappa shape index (κ3) is 7.52. The molecule has 0 spiro atoms. The largest absolute Gasteiger partial charge is 0.507 e. The van der Waals surface area contributed by atoms with Crippen molar-refractivity contribution in [3.63, 3.8) is 0 Å². The van der Waals surface area contributed by atoms with Gasteiger partial charge in [-0.1, -0.05) is 49.3 Å². The van der Waals surface area contributed by atoms with Crippen LogP contribution in [-0.2, 0) is 33.4 Å². The van der Waals surface area contributed by atoms with Crippen molar-refractivity contribution in [1.29, 1.82) is 0 Å². The first-order valence-electron chi connectivity index (χ1n) is 18.8. The number of aliphatic imine (C=N–C) groups is 1. The van der Waals surface area contributed by atoms with E-state index >= 15 is 0 Å². The molecule has 3 saturated carbocycles. The lowest BCUT2D eigenvalue weighted by atomic mass is 9.43. The minimum absolute atomic E-state index is 0.00691. The third-order valence-corrected chi connectivity index (χ3v) is 12.5. The van der Waals surface area contributed by atoms with E-state index in [9.17, 15) is 36.6 Å². The molecule has 0 aromatic heterocycles. The van der Waals surface area contributed by atoms with Crippen molar-refractivity contribution >= 4 is 25.0 Å². The van der Waals surface area contributed by atoms with E-state index in [-0.39, 0.29) is 35.7 Å². The predicted molar refractivity (Wildman–Crippen MR) is 197 cm³/mol. The Morgan fingerprint density at radius 3 is 2.60 bits per heavy atom. The Hall–Kier alpha value is -4.87. The predicted octanol–water partition coefficient (Wildman–Crippen LogP) is 7.60. The minimum atomic E-state index is -5.08. The van der Waals surface area contributed by atoms with Crippen LogP contribution in [-0.4, -0.2) is 82.6 Å². The number of hydrogen-bond acceptors (Lipinski definition) is 9. The molecule has 1 unspecified atom stereocenters. The molecule has 2 bridgehead atoms. The summed E-state index contributed by atoms with van der Waals surface area (Å²) in [5.41, 5.74) is 5.72. The molecule has 0 radical (unpaired) electrons. The fourth-order valence-corrected chi connectivity index (χ4v) is 9.21. The van der Waals surface area contributed by atoms with Crippen LogP contribution in [0.5, 0.6) is 5.75 Å². The zero-order valence-electron chi connectivity index (χ0n) is 31.8. The van der Waals surface area contributed by atoms with E-state index in [4.69, 9.17) is 19.6 Å². The van der Waals surface area contributed by atoms with Gasteiger partial charge in [0.05, 0.1) is 48.2 Å². The van der Waals surface area contributed by atoms with E-state index in [2.05, 4.69) is 34.2 Å². The lowest BCUT2D eigenvalue weighted by Gasteiger charge is -2.64. The van der Waals surface area contributed by atoms with Crippen LogP contribution in [0.1, 0.15) is 80.4 Å². The number of amidine groups is 1. The maximum absolute atomic E-state index is 14.3. The van der Waals surface area contributed by atoms with Gasteiger partial charge in [-0.15, -0.1) is 0 Å². The Labute approximate surface area is 326 Å². The quantitative estimate of drug-likeness (QED) is 0.0778. The molecule has 3 aliphatic heterocycles. The molecule has 5 fully saturated rings. The Morgan fingerprint density at radius 2 is 1.93 bits per heavy atom. The monoisotopic (exact) mass is 799 g/mol. The van der Waals surface area contributed by atoms with Crippen LogP contribution in [0.15, 0.2) is 64.5 Å². The molecule has 304 valence electrons. The fraction of sp³-hybridized carbons (Fsp3) is 0.553. The van der Waals surface area contributed by atoms with Gasteiger partial charge in [0.25, 0.3) is 5.91 Å². The van der Waals surface area contributed by atoms with Crippen LogP contribution in [0, 0.1) is 17.3 Å². The SMILES string of the molecule is CC1(C)[C@@H]2C[C@H]3OB(C(CC(F)F)NC(=O)c4cc(O)c(C(F)(F)F)cc4CN(C(=O)OCc4ccccc4)C4=CN=C5N(CC[C@@]5(C)N=[N+]=[N-])C4)O[C@@]3(C)[C@H]1C2. The van der Waals surface area contributed by atoms with Crippen molar-refractivity contribution < 1.29 is 50.7 Å². The number of amides is 2. The number of carbonyl (C=O) groups is 2. The summed E-state index contributed by atoms with van der Waals surface area (Å²) >= 11 is 0. The van der Waals surface area contributed by atoms with Crippen LogP contribution >= 0.6 is 0 Å². The van der Waals surface area contributed by atoms with Gasteiger partial charge in [-0.05, 0) is 79.2 Å². The molecule has 2 amide bonds. The molecule has 2 saturated heterocycles. The van der Waals surface area contributed by atoms with Crippen molar-refractivity contribution in [2.75, 3.05) is 13.1 Å². The molecule has 13 nitrogen and oxygen atoms in total. The van der Waals surface area contributed by atoms with Crippen molar-refractivity contribution in [2.24, 2.45) is 27.4 Å². The third-order valence-electron chi connectivity index (χ3n) is 12.5. The number of benzene rings is 2. The van der Waals surface area contributed by atoms with Crippen molar-refractivity contribution in [3.05, 3.63) is 87.1 Å². The van der Waals surface area contributed by atoms with Gasteiger partial charge in [-0.2, -0.15) is 13.2 Å². The molecule has 2 N–H and O–H groups in total.